The van der Waals surface area contributed by atoms with E-state index in [0.717, 1.165) is 52.1 Å². The molecule has 1 fully saturated rings. The van der Waals surface area contributed by atoms with Gasteiger partial charge in [0.2, 0.25) is 0 Å². The highest BCUT2D eigenvalue weighted by atomic mass is 16.3. The van der Waals surface area contributed by atoms with Gasteiger partial charge in [-0.2, -0.15) is 0 Å². The highest BCUT2D eigenvalue weighted by Crippen LogP contribution is 2.33. The average Bonchev–Trinajstić information content (AvgIpc) is 2.63. The molecule has 6 heteroatoms. The lowest BCUT2D eigenvalue weighted by molar-refractivity contribution is -0.117. The molecule has 6 nitrogen and oxygen atoms in total. The largest absolute Gasteiger partial charge is 0.511 e. The summed E-state index contributed by atoms with van der Waals surface area (Å²) in [6.07, 6.45) is 4.83. The topological polar surface area (TPSA) is 76.4 Å². The third kappa shape index (κ3) is 5.89. The number of Topliss-reactive ketones (excluding diaryl/α,β-unsaturated/α-hetero) is 1. The van der Waals surface area contributed by atoms with Crippen LogP contribution in [0.4, 0.5) is 0 Å². The van der Waals surface area contributed by atoms with Gasteiger partial charge in [-0.05, 0) is 11.8 Å². The number of piperazine rings is 1. The number of rotatable bonds is 9. The number of aliphatic imine (C=N–C) groups is 1. The van der Waals surface area contributed by atoms with E-state index in [-0.39, 0.29) is 24.1 Å². The monoisotopic (exact) mass is 365 g/mol. The van der Waals surface area contributed by atoms with Crippen LogP contribution in [0.1, 0.15) is 39.5 Å². The number of aliphatic hydroxyl groups is 2. The Morgan fingerprint density at radius 3 is 2.27 bits per heavy atom. The highest BCUT2D eigenvalue weighted by Gasteiger charge is 2.30. The summed E-state index contributed by atoms with van der Waals surface area (Å²) in [5, 5.41) is 19.3. The first-order valence-corrected chi connectivity index (χ1v) is 10.1. The maximum atomic E-state index is 12.4. The van der Waals surface area contributed by atoms with Crippen molar-refractivity contribution in [2.24, 2.45) is 16.8 Å². The van der Waals surface area contributed by atoms with E-state index in [2.05, 4.69) is 28.6 Å². The summed E-state index contributed by atoms with van der Waals surface area (Å²) >= 11 is 0. The lowest BCUT2D eigenvalue weighted by Gasteiger charge is -2.33. The van der Waals surface area contributed by atoms with Crippen LogP contribution in [0.15, 0.2) is 16.3 Å². The van der Waals surface area contributed by atoms with Gasteiger partial charge in [0.15, 0.2) is 5.78 Å². The Balaban J connectivity index is 1.79. The number of β-amino-alcohol motifs (C(OH)–C–C–N with tert-alkyl or cyclic N) is 1. The van der Waals surface area contributed by atoms with Crippen molar-refractivity contribution in [2.45, 2.75) is 39.5 Å². The van der Waals surface area contributed by atoms with Crippen molar-refractivity contribution in [1.29, 1.82) is 0 Å². The fourth-order valence-corrected chi connectivity index (χ4v) is 4.11. The third-order valence-electron chi connectivity index (χ3n) is 5.88. The first-order chi connectivity index (χ1) is 12.6. The van der Waals surface area contributed by atoms with Crippen LogP contribution < -0.4 is 0 Å². The molecule has 0 aromatic rings. The molecule has 26 heavy (non-hydrogen) atoms. The van der Waals surface area contributed by atoms with Crippen LogP contribution in [0.25, 0.3) is 0 Å². The van der Waals surface area contributed by atoms with Gasteiger partial charge in [-0.25, -0.2) is 0 Å². The number of aliphatic hydroxyl groups excluding tert-OH is 2. The van der Waals surface area contributed by atoms with Gasteiger partial charge in [-0.15, -0.1) is 0 Å². The number of ketones is 1. The van der Waals surface area contributed by atoms with Crippen molar-refractivity contribution in [1.82, 2.24) is 9.80 Å². The van der Waals surface area contributed by atoms with Gasteiger partial charge in [0.25, 0.3) is 0 Å². The highest BCUT2D eigenvalue weighted by molar-refractivity contribution is 6.14. The van der Waals surface area contributed by atoms with Gasteiger partial charge in [0, 0.05) is 58.3 Å². The molecule has 2 N–H and O–H groups in total. The maximum Gasteiger partial charge on any atom is 0.168 e. The Morgan fingerprint density at radius 1 is 1.12 bits per heavy atom. The van der Waals surface area contributed by atoms with Gasteiger partial charge in [0.1, 0.15) is 5.76 Å². The van der Waals surface area contributed by atoms with Gasteiger partial charge < -0.3 is 10.2 Å². The quantitative estimate of drug-likeness (QED) is 0.610. The smallest absolute Gasteiger partial charge is 0.168 e. The Bertz CT molecular complexity index is 506. The number of hydrogen-bond donors (Lipinski definition) is 2. The fraction of sp³-hybridized carbons (Fsp3) is 0.800. The van der Waals surface area contributed by atoms with E-state index >= 15 is 0 Å². The van der Waals surface area contributed by atoms with Crippen molar-refractivity contribution in [3.05, 3.63) is 11.3 Å². The Hall–Kier alpha value is -1.24. The van der Waals surface area contributed by atoms with Crippen molar-refractivity contribution in [3.63, 3.8) is 0 Å². The number of carbonyl (C=O) groups excluding carboxylic acids is 1. The van der Waals surface area contributed by atoms with E-state index in [4.69, 9.17) is 5.11 Å². The summed E-state index contributed by atoms with van der Waals surface area (Å²) in [5.74, 6) is 1.03. The molecule has 0 amide bonds. The summed E-state index contributed by atoms with van der Waals surface area (Å²) in [6.45, 7) is 10.7. The van der Waals surface area contributed by atoms with Crippen LogP contribution in [0.2, 0.25) is 0 Å². The summed E-state index contributed by atoms with van der Waals surface area (Å²) in [7, 11) is 0. The molecule has 1 aliphatic carbocycles. The number of allylic oxidation sites excluding steroid dienone is 2. The molecule has 1 atom stereocenters. The molecule has 0 radical (unpaired) electrons. The van der Waals surface area contributed by atoms with Gasteiger partial charge in [-0.3, -0.25) is 19.6 Å². The van der Waals surface area contributed by atoms with Gasteiger partial charge in [0.05, 0.1) is 18.7 Å². The molecule has 1 unspecified atom stereocenters. The zero-order valence-corrected chi connectivity index (χ0v) is 16.4. The zero-order valence-electron chi connectivity index (χ0n) is 16.4. The minimum Gasteiger partial charge on any atom is -0.511 e. The predicted octanol–water partition coefficient (Wildman–Crippen LogP) is 1.89. The summed E-state index contributed by atoms with van der Waals surface area (Å²) < 4.78 is 0. The summed E-state index contributed by atoms with van der Waals surface area (Å²) in [4.78, 5) is 21.4. The third-order valence-corrected chi connectivity index (χ3v) is 5.88. The molecular formula is C20H35N3O3. The van der Waals surface area contributed by atoms with Gasteiger partial charge >= 0.3 is 0 Å². The Labute approximate surface area is 157 Å². The SMILES string of the molecule is CCC(CC)C1CC(=O)C(C=NCCN2CCN(CCO)CC2)=C(O)C1. The van der Waals surface area contributed by atoms with E-state index in [0.29, 0.717) is 30.9 Å². The van der Waals surface area contributed by atoms with E-state index in [1.165, 1.54) is 0 Å². The molecule has 1 heterocycles. The van der Waals surface area contributed by atoms with Crippen LogP contribution in [-0.4, -0.2) is 84.4 Å². The minimum atomic E-state index is 0.0343. The van der Waals surface area contributed by atoms with Crippen LogP contribution in [0.5, 0.6) is 0 Å². The van der Waals surface area contributed by atoms with E-state index in [1.54, 1.807) is 6.21 Å². The molecule has 0 spiro atoms. The van der Waals surface area contributed by atoms with Crippen LogP contribution in [0, 0.1) is 11.8 Å². The van der Waals surface area contributed by atoms with E-state index < -0.39 is 0 Å². The molecule has 148 valence electrons. The van der Waals surface area contributed by atoms with E-state index in [1.807, 2.05) is 0 Å². The Kier molecular flexibility index (Phi) is 8.75. The first kappa shape index (κ1) is 21.1. The van der Waals surface area contributed by atoms with Crippen LogP contribution >= 0.6 is 0 Å². The molecule has 1 aliphatic heterocycles. The molecule has 0 aromatic heterocycles. The second kappa shape index (κ2) is 10.8. The maximum absolute atomic E-state index is 12.4. The minimum absolute atomic E-state index is 0.0343. The molecule has 2 rings (SSSR count). The number of nitrogens with zero attached hydrogens (tertiary/aromatic N) is 3. The Morgan fingerprint density at radius 2 is 1.73 bits per heavy atom. The normalized spacial score (nSPS) is 23.5. The number of hydrogen-bond acceptors (Lipinski definition) is 6. The molecule has 1 saturated heterocycles. The van der Waals surface area contributed by atoms with Crippen LogP contribution in [0.3, 0.4) is 0 Å². The van der Waals surface area contributed by atoms with Crippen molar-refractivity contribution in [3.8, 4) is 0 Å². The lowest BCUT2D eigenvalue weighted by atomic mass is 9.77. The van der Waals surface area contributed by atoms with Crippen molar-refractivity contribution < 1.29 is 15.0 Å². The number of carbonyl (C=O) groups is 1. The molecule has 0 saturated carbocycles. The summed E-state index contributed by atoms with van der Waals surface area (Å²) in [5.41, 5.74) is 0.417. The van der Waals surface area contributed by atoms with Crippen molar-refractivity contribution >= 4 is 12.0 Å². The summed E-state index contributed by atoms with van der Waals surface area (Å²) in [6, 6.07) is 0. The molecular weight excluding hydrogens is 330 g/mol. The first-order valence-electron chi connectivity index (χ1n) is 10.1. The molecule has 0 aromatic carbocycles. The average molecular weight is 366 g/mol. The molecule has 2 aliphatic rings. The second-order valence-electron chi connectivity index (χ2n) is 7.47. The predicted molar refractivity (Wildman–Crippen MR) is 105 cm³/mol. The van der Waals surface area contributed by atoms with Gasteiger partial charge in [-0.1, -0.05) is 26.7 Å². The van der Waals surface area contributed by atoms with Crippen molar-refractivity contribution in [2.75, 3.05) is 52.4 Å². The standard InChI is InChI=1S/C20H35N3O3/c1-3-16(4-2)17-13-19(25)18(20(26)14-17)15-21-5-6-22-7-9-23(10-8-22)11-12-24/h15-17,24-25H,3-14H2,1-2H3. The molecule has 0 bridgehead atoms. The zero-order chi connectivity index (χ0) is 18.9. The fourth-order valence-electron chi connectivity index (χ4n) is 4.11. The van der Waals surface area contributed by atoms with E-state index in [9.17, 15) is 9.90 Å². The lowest BCUT2D eigenvalue weighted by Crippen LogP contribution is -2.47. The van der Waals surface area contributed by atoms with Crippen LogP contribution in [-0.2, 0) is 4.79 Å². The second-order valence-corrected chi connectivity index (χ2v) is 7.47.